The van der Waals surface area contributed by atoms with E-state index in [1.54, 1.807) is 6.07 Å². The molecule has 8 heteroatoms. The van der Waals surface area contributed by atoms with Gasteiger partial charge in [-0.25, -0.2) is 14.8 Å². The minimum atomic E-state index is -0.335. The molecule has 0 radical (unpaired) electrons. The Bertz CT molecular complexity index is 1450. The van der Waals surface area contributed by atoms with Crippen molar-refractivity contribution < 1.29 is 19.0 Å². The molecule has 2 fully saturated rings. The Kier molecular flexibility index (Phi) is 8.07. The van der Waals surface area contributed by atoms with Crippen LogP contribution in [0.4, 0.5) is 0 Å². The third-order valence-corrected chi connectivity index (χ3v) is 7.90. The first-order valence-electron chi connectivity index (χ1n) is 14.2. The first kappa shape index (κ1) is 26.5. The van der Waals surface area contributed by atoms with Gasteiger partial charge in [0.05, 0.1) is 42.9 Å². The van der Waals surface area contributed by atoms with Gasteiger partial charge in [-0.3, -0.25) is 4.90 Å². The van der Waals surface area contributed by atoms with Crippen LogP contribution >= 0.6 is 0 Å². The standard InChI is InChI=1S/C32H36N4O4/c1-38-32(37)25-12-13-28-29(18-25)36(20-27-14-16-39-27)30(34-28)21-35-15-6-9-24(19-35)17-26-10-5-11-31(33-26)40-22-23-7-3-2-4-8-23/h2-5,7-8,10-13,18,24,27H,6,9,14-17,19-22H2,1H3/t24?,27-/m0/s1. The maximum atomic E-state index is 12.2. The van der Waals surface area contributed by atoms with E-state index in [4.69, 9.17) is 24.2 Å². The van der Waals surface area contributed by atoms with Crippen LogP contribution in [0.5, 0.6) is 5.88 Å². The molecule has 8 nitrogen and oxygen atoms in total. The molecule has 2 atom stereocenters. The topological polar surface area (TPSA) is 78.7 Å². The van der Waals surface area contributed by atoms with Crippen LogP contribution in [-0.4, -0.2) is 58.3 Å². The van der Waals surface area contributed by atoms with E-state index < -0.39 is 0 Å². The Morgan fingerprint density at radius 2 is 1.93 bits per heavy atom. The van der Waals surface area contributed by atoms with Crippen molar-refractivity contribution in [3.8, 4) is 5.88 Å². The zero-order chi connectivity index (χ0) is 27.3. The largest absolute Gasteiger partial charge is 0.473 e. The second kappa shape index (κ2) is 12.2. The van der Waals surface area contributed by atoms with Gasteiger partial charge in [0.1, 0.15) is 12.4 Å². The molecule has 2 aromatic carbocycles. The van der Waals surface area contributed by atoms with Crippen molar-refractivity contribution in [3.63, 3.8) is 0 Å². The number of ether oxygens (including phenoxy) is 3. The number of imidazole rings is 1. The van der Waals surface area contributed by atoms with E-state index in [0.717, 1.165) is 80.2 Å². The van der Waals surface area contributed by atoms with Crippen LogP contribution in [0.25, 0.3) is 11.0 Å². The number of hydrogen-bond donors (Lipinski definition) is 0. The minimum absolute atomic E-state index is 0.189. The highest BCUT2D eigenvalue weighted by Gasteiger charge is 2.26. The van der Waals surface area contributed by atoms with Gasteiger partial charge in [-0.15, -0.1) is 0 Å². The van der Waals surface area contributed by atoms with E-state index >= 15 is 0 Å². The fourth-order valence-corrected chi connectivity index (χ4v) is 5.71. The molecule has 4 aromatic rings. The number of carbonyl (C=O) groups excluding carboxylic acids is 1. The Hall–Kier alpha value is -3.75. The van der Waals surface area contributed by atoms with E-state index in [9.17, 15) is 4.79 Å². The summed E-state index contributed by atoms with van der Waals surface area (Å²) in [6.07, 6.45) is 4.49. The molecule has 0 bridgehead atoms. The van der Waals surface area contributed by atoms with Crippen molar-refractivity contribution in [2.45, 2.75) is 51.5 Å². The molecule has 0 N–H and O–H groups in total. The highest BCUT2D eigenvalue weighted by atomic mass is 16.5. The summed E-state index contributed by atoms with van der Waals surface area (Å²) in [5, 5.41) is 0. The molecule has 1 unspecified atom stereocenters. The average Bonchev–Trinajstić information content (AvgIpc) is 3.30. The zero-order valence-electron chi connectivity index (χ0n) is 23.0. The lowest BCUT2D eigenvalue weighted by Crippen LogP contribution is -2.37. The molecule has 0 aliphatic carbocycles. The smallest absolute Gasteiger partial charge is 0.337 e. The molecule has 2 aliphatic rings. The summed E-state index contributed by atoms with van der Waals surface area (Å²) in [5.74, 6) is 1.87. The van der Waals surface area contributed by atoms with Crippen molar-refractivity contribution in [1.29, 1.82) is 0 Å². The molecular formula is C32H36N4O4. The van der Waals surface area contributed by atoms with Gasteiger partial charge in [0.15, 0.2) is 0 Å². The molecule has 4 heterocycles. The monoisotopic (exact) mass is 540 g/mol. The maximum absolute atomic E-state index is 12.2. The second-order valence-corrected chi connectivity index (χ2v) is 10.8. The summed E-state index contributed by atoms with van der Waals surface area (Å²) in [6.45, 7) is 4.86. The van der Waals surface area contributed by atoms with Crippen LogP contribution < -0.4 is 4.74 Å². The van der Waals surface area contributed by atoms with E-state index in [1.165, 1.54) is 13.5 Å². The SMILES string of the molecule is COC(=O)c1ccc2nc(CN3CCCC(Cc4cccc(OCc5ccccc5)n4)C3)n(C[C@@H]3CCO3)c2c1. The van der Waals surface area contributed by atoms with Crippen molar-refractivity contribution in [3.05, 3.63) is 89.4 Å². The third kappa shape index (κ3) is 6.18. The molecule has 2 saturated heterocycles. The van der Waals surface area contributed by atoms with Crippen molar-refractivity contribution in [1.82, 2.24) is 19.4 Å². The van der Waals surface area contributed by atoms with Gasteiger partial charge < -0.3 is 18.8 Å². The van der Waals surface area contributed by atoms with E-state index in [0.29, 0.717) is 24.0 Å². The van der Waals surface area contributed by atoms with Crippen LogP contribution in [0.15, 0.2) is 66.7 Å². The molecule has 208 valence electrons. The van der Waals surface area contributed by atoms with Gasteiger partial charge in [0.25, 0.3) is 0 Å². The number of fused-ring (bicyclic) bond motifs is 1. The van der Waals surface area contributed by atoms with Gasteiger partial charge in [0, 0.05) is 24.9 Å². The minimum Gasteiger partial charge on any atom is -0.473 e. The molecule has 40 heavy (non-hydrogen) atoms. The molecule has 2 aliphatic heterocycles. The van der Waals surface area contributed by atoms with Gasteiger partial charge >= 0.3 is 5.97 Å². The van der Waals surface area contributed by atoms with E-state index in [2.05, 4.69) is 27.7 Å². The van der Waals surface area contributed by atoms with E-state index in [-0.39, 0.29) is 12.1 Å². The highest BCUT2D eigenvalue weighted by Crippen LogP contribution is 2.26. The molecule has 0 saturated carbocycles. The summed E-state index contributed by atoms with van der Waals surface area (Å²) in [5.41, 5.74) is 4.60. The van der Waals surface area contributed by atoms with Gasteiger partial charge in [-0.2, -0.15) is 0 Å². The number of likely N-dealkylation sites (tertiary alicyclic amines) is 1. The Balaban J connectivity index is 1.13. The Morgan fingerprint density at radius 1 is 1.05 bits per heavy atom. The number of esters is 1. The number of pyridine rings is 1. The van der Waals surface area contributed by atoms with E-state index in [1.807, 2.05) is 42.5 Å². The van der Waals surface area contributed by atoms with Crippen LogP contribution in [0.3, 0.4) is 0 Å². The Morgan fingerprint density at radius 3 is 2.73 bits per heavy atom. The fraction of sp³-hybridized carbons (Fsp3) is 0.406. The predicted molar refractivity (Wildman–Crippen MR) is 152 cm³/mol. The molecule has 0 spiro atoms. The number of nitrogens with zero attached hydrogens (tertiary/aromatic N) is 4. The van der Waals surface area contributed by atoms with Crippen LogP contribution in [0.1, 0.15) is 46.7 Å². The normalized spacial score (nSPS) is 19.3. The lowest BCUT2D eigenvalue weighted by molar-refractivity contribution is -0.0592. The van der Waals surface area contributed by atoms with Crippen molar-refractivity contribution >= 4 is 17.0 Å². The number of hydrogen-bond acceptors (Lipinski definition) is 7. The van der Waals surface area contributed by atoms with Crippen LogP contribution in [-0.2, 0) is 35.6 Å². The molecule has 2 aromatic heterocycles. The summed E-state index contributed by atoms with van der Waals surface area (Å²) in [7, 11) is 1.41. The first-order valence-corrected chi connectivity index (χ1v) is 14.2. The lowest BCUT2D eigenvalue weighted by Gasteiger charge is -2.33. The number of carbonyl (C=O) groups is 1. The number of rotatable bonds is 10. The average molecular weight is 541 g/mol. The number of methoxy groups -OCH3 is 1. The van der Waals surface area contributed by atoms with Crippen molar-refractivity contribution in [2.75, 3.05) is 26.8 Å². The third-order valence-electron chi connectivity index (χ3n) is 7.90. The quantitative estimate of drug-likeness (QED) is 0.261. The number of benzene rings is 2. The van der Waals surface area contributed by atoms with Gasteiger partial charge in [0.2, 0.25) is 5.88 Å². The second-order valence-electron chi connectivity index (χ2n) is 10.8. The number of aromatic nitrogens is 3. The summed E-state index contributed by atoms with van der Waals surface area (Å²) < 4.78 is 18.9. The van der Waals surface area contributed by atoms with Gasteiger partial charge in [-0.05, 0) is 68.0 Å². The summed E-state index contributed by atoms with van der Waals surface area (Å²) in [4.78, 5) is 24.5. The van der Waals surface area contributed by atoms with Crippen LogP contribution in [0, 0.1) is 5.92 Å². The van der Waals surface area contributed by atoms with Crippen molar-refractivity contribution in [2.24, 2.45) is 5.92 Å². The molecule has 0 amide bonds. The Labute approximate surface area is 234 Å². The summed E-state index contributed by atoms with van der Waals surface area (Å²) in [6, 6.07) is 21.8. The molecule has 6 rings (SSSR count). The van der Waals surface area contributed by atoms with Crippen LogP contribution in [0.2, 0.25) is 0 Å². The first-order chi connectivity index (χ1) is 19.6. The predicted octanol–water partition coefficient (Wildman–Crippen LogP) is 5.04. The van der Waals surface area contributed by atoms with Gasteiger partial charge in [-0.1, -0.05) is 36.4 Å². The lowest BCUT2D eigenvalue weighted by atomic mass is 9.93. The zero-order valence-corrected chi connectivity index (χ0v) is 23.0. The maximum Gasteiger partial charge on any atom is 0.337 e. The molecular weight excluding hydrogens is 504 g/mol. The highest BCUT2D eigenvalue weighted by molar-refractivity contribution is 5.93. The fourth-order valence-electron chi connectivity index (χ4n) is 5.71. The summed E-state index contributed by atoms with van der Waals surface area (Å²) >= 11 is 0. The number of piperidine rings is 1.